The predicted molar refractivity (Wildman–Crippen MR) is 164 cm³/mol. The van der Waals surface area contributed by atoms with Crippen molar-refractivity contribution in [3.63, 3.8) is 0 Å². The number of nitro benzene ring substituents is 1. The van der Waals surface area contributed by atoms with E-state index in [1.165, 1.54) is 95.2 Å². The average Bonchev–Trinajstić information content (AvgIpc) is 2.93. The second kappa shape index (κ2) is 19.0. The fraction of sp³-hybridized carbons (Fsp3) is 0.636. The van der Waals surface area contributed by atoms with E-state index in [9.17, 15) is 18.5 Å². The fourth-order valence-corrected chi connectivity index (χ4v) is 6.34. The summed E-state index contributed by atoms with van der Waals surface area (Å²) in [5, 5.41) is 11.2. The number of hydrogen-bond donors (Lipinski definition) is 0. The van der Waals surface area contributed by atoms with Crippen LogP contribution in [0.1, 0.15) is 126 Å². The normalized spacial score (nSPS) is 12.5. The SMILES string of the molecule is CCCCCCCCCCCCCCCCCC(Cc1cccc(C)c1C)OS(=O)(=O)c1cccc([N+](=O)[O-])c1. The number of nitro groups is 1. The summed E-state index contributed by atoms with van der Waals surface area (Å²) in [5.74, 6) is 0. The Balaban J connectivity index is 1.79. The predicted octanol–water partition coefficient (Wildman–Crippen LogP) is 9.79. The van der Waals surface area contributed by atoms with Gasteiger partial charge < -0.3 is 0 Å². The van der Waals surface area contributed by atoms with Crippen molar-refractivity contribution in [2.45, 2.75) is 141 Å². The Morgan fingerprint density at radius 2 is 1.30 bits per heavy atom. The summed E-state index contributed by atoms with van der Waals surface area (Å²) in [7, 11) is -4.13. The van der Waals surface area contributed by atoms with Crippen molar-refractivity contribution in [2.24, 2.45) is 0 Å². The molecule has 0 heterocycles. The van der Waals surface area contributed by atoms with Crippen LogP contribution in [0.4, 0.5) is 5.69 Å². The molecule has 6 nitrogen and oxygen atoms in total. The highest BCUT2D eigenvalue weighted by molar-refractivity contribution is 7.86. The molecule has 40 heavy (non-hydrogen) atoms. The third-order valence-electron chi connectivity index (χ3n) is 7.87. The zero-order chi connectivity index (χ0) is 29.2. The van der Waals surface area contributed by atoms with E-state index in [0.29, 0.717) is 12.8 Å². The lowest BCUT2D eigenvalue weighted by molar-refractivity contribution is -0.385. The highest BCUT2D eigenvalue weighted by Crippen LogP contribution is 2.25. The van der Waals surface area contributed by atoms with Crippen LogP contribution in [0.15, 0.2) is 47.4 Å². The molecule has 0 aromatic heterocycles. The van der Waals surface area contributed by atoms with Crippen molar-refractivity contribution < 1.29 is 17.5 Å². The Kier molecular flexibility index (Phi) is 16.1. The standard InChI is InChI=1S/C33H51NO5S/c1-4-5-6-7-8-9-10-11-12-13-14-15-16-17-18-24-32(26-30-22-19-21-28(2)29(30)3)39-40(37,38)33-25-20-23-31(27-33)34(35)36/h19-23,25,27,32H,4-18,24,26H2,1-3H3. The summed E-state index contributed by atoms with van der Waals surface area (Å²) in [5.41, 5.74) is 3.10. The summed E-state index contributed by atoms with van der Waals surface area (Å²) in [6, 6.07) is 11.1. The maximum Gasteiger partial charge on any atom is 0.297 e. The molecule has 0 N–H and O–H groups in total. The average molecular weight is 574 g/mol. The number of rotatable bonds is 22. The Morgan fingerprint density at radius 3 is 1.85 bits per heavy atom. The fourth-order valence-electron chi connectivity index (χ4n) is 5.19. The van der Waals surface area contributed by atoms with Crippen LogP contribution < -0.4 is 0 Å². The molecule has 224 valence electrons. The number of aryl methyl sites for hydroxylation is 1. The molecule has 1 unspecified atom stereocenters. The molecule has 1 atom stereocenters. The lowest BCUT2D eigenvalue weighted by Crippen LogP contribution is -2.22. The van der Waals surface area contributed by atoms with E-state index < -0.39 is 21.1 Å². The van der Waals surface area contributed by atoms with Gasteiger partial charge in [0.2, 0.25) is 0 Å². The van der Waals surface area contributed by atoms with E-state index in [0.717, 1.165) is 42.0 Å². The summed E-state index contributed by atoms with van der Waals surface area (Å²) >= 11 is 0. The van der Waals surface area contributed by atoms with Gasteiger partial charge in [0.15, 0.2) is 0 Å². The third kappa shape index (κ3) is 12.9. The first-order valence-electron chi connectivity index (χ1n) is 15.5. The molecule has 0 fully saturated rings. The van der Waals surface area contributed by atoms with Gasteiger partial charge in [0, 0.05) is 18.6 Å². The van der Waals surface area contributed by atoms with E-state index in [1.807, 2.05) is 32.0 Å². The molecule has 0 radical (unpaired) electrons. The van der Waals surface area contributed by atoms with Crippen LogP contribution in [0.3, 0.4) is 0 Å². The van der Waals surface area contributed by atoms with Crippen molar-refractivity contribution in [2.75, 3.05) is 0 Å². The lowest BCUT2D eigenvalue weighted by Gasteiger charge is -2.19. The minimum absolute atomic E-state index is 0.177. The third-order valence-corrected chi connectivity index (χ3v) is 9.23. The quantitative estimate of drug-likeness (QED) is 0.0605. The van der Waals surface area contributed by atoms with Crippen LogP contribution in [-0.2, 0) is 20.7 Å². The Bertz CT molecular complexity index is 1120. The largest absolute Gasteiger partial charge is 0.297 e. The van der Waals surface area contributed by atoms with E-state index in [4.69, 9.17) is 4.18 Å². The second-order valence-corrected chi connectivity index (χ2v) is 12.8. The summed E-state index contributed by atoms with van der Waals surface area (Å²) in [6.45, 7) is 6.35. The molecule has 0 saturated heterocycles. The van der Waals surface area contributed by atoms with Gasteiger partial charge in [-0.1, -0.05) is 128 Å². The van der Waals surface area contributed by atoms with Crippen molar-refractivity contribution in [1.29, 1.82) is 0 Å². The van der Waals surface area contributed by atoms with Crippen LogP contribution in [0.25, 0.3) is 0 Å². The molecule has 0 amide bonds. The number of unbranched alkanes of at least 4 members (excludes halogenated alkanes) is 14. The first-order chi connectivity index (χ1) is 19.2. The molecule has 0 aliphatic heterocycles. The molecule has 2 aromatic carbocycles. The summed E-state index contributed by atoms with van der Waals surface area (Å²) < 4.78 is 31.9. The lowest BCUT2D eigenvalue weighted by atomic mass is 9.96. The zero-order valence-electron chi connectivity index (χ0n) is 25.0. The minimum atomic E-state index is -4.13. The molecule has 0 bridgehead atoms. The summed E-state index contributed by atoms with van der Waals surface area (Å²) in [4.78, 5) is 10.4. The van der Waals surface area contributed by atoms with Crippen LogP contribution in [0.5, 0.6) is 0 Å². The topological polar surface area (TPSA) is 86.5 Å². The number of nitrogens with zero attached hydrogens (tertiary/aromatic N) is 1. The Morgan fingerprint density at radius 1 is 0.775 bits per heavy atom. The molecule has 0 aliphatic rings. The van der Waals surface area contributed by atoms with E-state index in [2.05, 4.69) is 6.92 Å². The molecule has 0 spiro atoms. The van der Waals surface area contributed by atoms with Gasteiger partial charge in [0.1, 0.15) is 4.90 Å². The smallest absolute Gasteiger partial charge is 0.263 e. The highest BCUT2D eigenvalue weighted by atomic mass is 32.2. The number of benzene rings is 2. The molecular weight excluding hydrogens is 522 g/mol. The monoisotopic (exact) mass is 573 g/mol. The van der Waals surface area contributed by atoms with Gasteiger partial charge in [-0.3, -0.25) is 14.3 Å². The Hall–Kier alpha value is -2.25. The van der Waals surface area contributed by atoms with Crippen LogP contribution in [-0.4, -0.2) is 19.4 Å². The number of hydrogen-bond acceptors (Lipinski definition) is 5. The molecule has 0 aliphatic carbocycles. The van der Waals surface area contributed by atoms with Crippen LogP contribution >= 0.6 is 0 Å². The van der Waals surface area contributed by atoms with Crippen LogP contribution in [0, 0.1) is 24.0 Å². The van der Waals surface area contributed by atoms with Gasteiger partial charge in [-0.05, 0) is 43.0 Å². The van der Waals surface area contributed by atoms with Crippen molar-refractivity contribution in [1.82, 2.24) is 0 Å². The van der Waals surface area contributed by atoms with Gasteiger partial charge in [-0.2, -0.15) is 8.42 Å². The van der Waals surface area contributed by atoms with Gasteiger partial charge >= 0.3 is 0 Å². The van der Waals surface area contributed by atoms with Crippen molar-refractivity contribution >= 4 is 15.8 Å². The molecule has 0 saturated carbocycles. The van der Waals surface area contributed by atoms with E-state index in [-0.39, 0.29) is 10.6 Å². The maximum atomic E-state index is 13.1. The number of non-ortho nitro benzene ring substituents is 1. The second-order valence-electron chi connectivity index (χ2n) is 11.2. The van der Waals surface area contributed by atoms with Gasteiger partial charge in [0.25, 0.3) is 15.8 Å². The van der Waals surface area contributed by atoms with E-state index in [1.54, 1.807) is 0 Å². The van der Waals surface area contributed by atoms with Crippen LogP contribution in [0.2, 0.25) is 0 Å². The van der Waals surface area contributed by atoms with Gasteiger partial charge in [-0.15, -0.1) is 0 Å². The molecule has 2 aromatic rings. The minimum Gasteiger partial charge on any atom is -0.263 e. The van der Waals surface area contributed by atoms with Crippen molar-refractivity contribution in [3.8, 4) is 0 Å². The first-order valence-corrected chi connectivity index (χ1v) is 16.9. The van der Waals surface area contributed by atoms with E-state index >= 15 is 0 Å². The van der Waals surface area contributed by atoms with Gasteiger partial charge in [-0.25, -0.2) is 0 Å². The first kappa shape index (κ1) is 34.0. The summed E-state index contributed by atoms with van der Waals surface area (Å²) in [6.07, 6.45) is 19.7. The molecular formula is C33H51NO5S. The maximum absolute atomic E-state index is 13.1. The zero-order valence-corrected chi connectivity index (χ0v) is 25.9. The van der Waals surface area contributed by atoms with Gasteiger partial charge in [0.05, 0.1) is 11.0 Å². The molecule has 7 heteroatoms. The molecule has 2 rings (SSSR count). The highest BCUT2D eigenvalue weighted by Gasteiger charge is 2.24. The van der Waals surface area contributed by atoms with Crippen molar-refractivity contribution in [3.05, 3.63) is 69.3 Å². The Labute approximate surface area is 243 Å².